The highest BCUT2D eigenvalue weighted by molar-refractivity contribution is 5.94. The van der Waals surface area contributed by atoms with Crippen LogP contribution in [-0.2, 0) is 24.2 Å². The minimum atomic E-state index is -0.392. The number of hydrogen-bond acceptors (Lipinski definition) is 4. The van der Waals surface area contributed by atoms with Gasteiger partial charge in [0, 0.05) is 42.7 Å². The number of likely N-dealkylation sites (tertiary alicyclic amines) is 1. The Morgan fingerprint density at radius 3 is 2.96 bits per heavy atom. The molecule has 1 aliphatic carbocycles. The minimum absolute atomic E-state index is 0.00195. The number of amides is 2. The van der Waals surface area contributed by atoms with Crippen molar-refractivity contribution >= 4 is 11.8 Å². The van der Waals surface area contributed by atoms with E-state index in [1.54, 1.807) is 17.0 Å². The molecule has 8 nitrogen and oxygen atoms in total. The highest BCUT2D eigenvalue weighted by atomic mass is 16.2. The smallest absolute Gasteiger partial charge is 0.274 e. The van der Waals surface area contributed by atoms with Crippen LogP contribution in [0.5, 0.6) is 0 Å². The molecule has 4 rings (SSSR count). The SMILES string of the molecule is NC(=O)Cn1ccnc1[C@H]1CCCN(C(=O)c2n[nH]c3c2CCCC3)C1. The van der Waals surface area contributed by atoms with E-state index in [1.807, 2.05) is 4.90 Å². The number of primary amides is 1. The monoisotopic (exact) mass is 356 g/mol. The summed E-state index contributed by atoms with van der Waals surface area (Å²) in [6.45, 7) is 1.44. The number of aromatic amines is 1. The van der Waals surface area contributed by atoms with Crippen molar-refractivity contribution in [3.8, 4) is 0 Å². The van der Waals surface area contributed by atoms with Gasteiger partial charge in [-0.1, -0.05) is 0 Å². The summed E-state index contributed by atoms with van der Waals surface area (Å²) >= 11 is 0. The van der Waals surface area contributed by atoms with Crippen molar-refractivity contribution in [2.24, 2.45) is 5.73 Å². The summed E-state index contributed by atoms with van der Waals surface area (Å²) in [6, 6.07) is 0. The fourth-order valence-electron chi connectivity index (χ4n) is 4.16. The summed E-state index contributed by atoms with van der Waals surface area (Å²) in [5.41, 5.74) is 8.12. The fraction of sp³-hybridized carbons (Fsp3) is 0.556. The molecule has 1 fully saturated rings. The predicted molar refractivity (Wildman–Crippen MR) is 94.5 cm³/mol. The number of aromatic nitrogens is 4. The van der Waals surface area contributed by atoms with E-state index < -0.39 is 5.91 Å². The lowest BCUT2D eigenvalue weighted by Gasteiger charge is -2.32. The molecule has 0 radical (unpaired) electrons. The molecule has 26 heavy (non-hydrogen) atoms. The van der Waals surface area contributed by atoms with Crippen molar-refractivity contribution in [2.75, 3.05) is 13.1 Å². The molecule has 0 saturated carbocycles. The van der Waals surface area contributed by atoms with Gasteiger partial charge in [0.2, 0.25) is 5.91 Å². The molecule has 1 saturated heterocycles. The molecule has 0 aromatic carbocycles. The maximum atomic E-state index is 13.1. The molecular formula is C18H24N6O2. The number of rotatable bonds is 4. The van der Waals surface area contributed by atoms with Gasteiger partial charge in [-0.05, 0) is 38.5 Å². The number of aryl methyl sites for hydroxylation is 1. The van der Waals surface area contributed by atoms with Gasteiger partial charge in [0.05, 0.1) is 0 Å². The molecule has 0 spiro atoms. The molecule has 0 bridgehead atoms. The normalized spacial score (nSPS) is 20.0. The summed E-state index contributed by atoms with van der Waals surface area (Å²) in [5.74, 6) is 0.542. The number of fused-ring (bicyclic) bond motifs is 1. The van der Waals surface area contributed by atoms with Crippen LogP contribution in [0.3, 0.4) is 0 Å². The lowest BCUT2D eigenvalue weighted by atomic mass is 9.94. The number of nitrogens with zero attached hydrogens (tertiary/aromatic N) is 4. The first kappa shape index (κ1) is 16.8. The highest BCUT2D eigenvalue weighted by Gasteiger charge is 2.31. The van der Waals surface area contributed by atoms with E-state index in [4.69, 9.17) is 5.73 Å². The van der Waals surface area contributed by atoms with E-state index in [1.165, 1.54) is 0 Å². The van der Waals surface area contributed by atoms with Gasteiger partial charge in [0.1, 0.15) is 12.4 Å². The number of carbonyl (C=O) groups is 2. The molecule has 138 valence electrons. The molecular weight excluding hydrogens is 332 g/mol. The maximum absolute atomic E-state index is 13.1. The molecule has 2 aliphatic rings. The number of carbonyl (C=O) groups excluding carboxylic acids is 2. The third-order valence-electron chi connectivity index (χ3n) is 5.41. The van der Waals surface area contributed by atoms with Gasteiger partial charge < -0.3 is 15.2 Å². The summed E-state index contributed by atoms with van der Waals surface area (Å²) in [5, 5.41) is 7.37. The van der Waals surface area contributed by atoms with Gasteiger partial charge >= 0.3 is 0 Å². The Balaban J connectivity index is 1.52. The average molecular weight is 356 g/mol. The Labute approximate surface area is 151 Å². The van der Waals surface area contributed by atoms with Crippen LogP contribution >= 0.6 is 0 Å². The Morgan fingerprint density at radius 1 is 1.27 bits per heavy atom. The first-order valence-electron chi connectivity index (χ1n) is 9.28. The third-order valence-corrected chi connectivity index (χ3v) is 5.41. The van der Waals surface area contributed by atoms with Gasteiger partial charge in [-0.3, -0.25) is 14.7 Å². The number of imidazole rings is 1. The molecule has 2 amide bonds. The summed E-state index contributed by atoms with van der Waals surface area (Å²) in [4.78, 5) is 30.6. The number of nitrogens with one attached hydrogen (secondary N) is 1. The van der Waals surface area contributed by atoms with Crippen LogP contribution in [0.4, 0.5) is 0 Å². The zero-order valence-electron chi connectivity index (χ0n) is 14.8. The van der Waals surface area contributed by atoms with Crippen molar-refractivity contribution in [1.82, 2.24) is 24.6 Å². The zero-order valence-corrected chi connectivity index (χ0v) is 14.8. The van der Waals surface area contributed by atoms with E-state index in [0.717, 1.165) is 62.2 Å². The second-order valence-corrected chi connectivity index (χ2v) is 7.21. The van der Waals surface area contributed by atoms with Crippen LogP contribution in [0.2, 0.25) is 0 Å². The van der Waals surface area contributed by atoms with Crippen molar-refractivity contribution in [3.63, 3.8) is 0 Å². The van der Waals surface area contributed by atoms with Gasteiger partial charge in [0.15, 0.2) is 5.69 Å². The molecule has 0 unspecified atom stereocenters. The van der Waals surface area contributed by atoms with Crippen molar-refractivity contribution in [2.45, 2.75) is 51.0 Å². The molecule has 1 atom stereocenters. The summed E-state index contributed by atoms with van der Waals surface area (Å²) in [7, 11) is 0. The van der Waals surface area contributed by atoms with E-state index in [-0.39, 0.29) is 18.4 Å². The number of H-pyrrole nitrogens is 1. The number of hydrogen-bond donors (Lipinski definition) is 2. The van der Waals surface area contributed by atoms with Crippen LogP contribution in [0.1, 0.15) is 59.2 Å². The number of nitrogens with two attached hydrogens (primary N) is 1. The van der Waals surface area contributed by atoms with Crippen LogP contribution in [0.25, 0.3) is 0 Å². The second kappa shape index (κ2) is 6.93. The van der Waals surface area contributed by atoms with E-state index in [0.29, 0.717) is 12.2 Å². The average Bonchev–Trinajstić information content (AvgIpc) is 3.27. The second-order valence-electron chi connectivity index (χ2n) is 7.21. The molecule has 1 aliphatic heterocycles. The van der Waals surface area contributed by atoms with Crippen molar-refractivity contribution in [1.29, 1.82) is 0 Å². The summed E-state index contributed by atoms with van der Waals surface area (Å²) < 4.78 is 1.79. The van der Waals surface area contributed by atoms with E-state index >= 15 is 0 Å². The van der Waals surface area contributed by atoms with Crippen molar-refractivity contribution < 1.29 is 9.59 Å². The molecule has 2 aromatic heterocycles. The van der Waals surface area contributed by atoms with E-state index in [2.05, 4.69) is 15.2 Å². The lowest BCUT2D eigenvalue weighted by Crippen LogP contribution is -2.40. The van der Waals surface area contributed by atoms with Gasteiger partial charge in [-0.2, -0.15) is 5.10 Å². The van der Waals surface area contributed by atoms with Crippen LogP contribution in [0.15, 0.2) is 12.4 Å². The van der Waals surface area contributed by atoms with E-state index in [9.17, 15) is 9.59 Å². The largest absolute Gasteiger partial charge is 0.368 e. The Bertz CT molecular complexity index is 824. The lowest BCUT2D eigenvalue weighted by molar-refractivity contribution is -0.118. The first-order valence-corrected chi connectivity index (χ1v) is 9.28. The number of piperidine rings is 1. The van der Waals surface area contributed by atoms with Crippen LogP contribution in [0, 0.1) is 0 Å². The minimum Gasteiger partial charge on any atom is -0.368 e. The standard InChI is InChI=1S/C18H24N6O2/c19-15(25)11-23-9-7-20-17(23)12-4-3-8-24(10-12)18(26)16-13-5-1-2-6-14(13)21-22-16/h7,9,12H,1-6,8,10-11H2,(H2,19,25)(H,21,22)/t12-/m0/s1. The Kier molecular flexibility index (Phi) is 4.48. The molecule has 2 aromatic rings. The fourth-order valence-corrected chi connectivity index (χ4v) is 4.16. The predicted octanol–water partition coefficient (Wildman–Crippen LogP) is 0.990. The quantitative estimate of drug-likeness (QED) is 0.851. The zero-order chi connectivity index (χ0) is 18.1. The third kappa shape index (κ3) is 3.11. The maximum Gasteiger partial charge on any atom is 0.274 e. The topological polar surface area (TPSA) is 110 Å². The Morgan fingerprint density at radius 2 is 2.12 bits per heavy atom. The van der Waals surface area contributed by atoms with Crippen LogP contribution in [-0.4, -0.2) is 49.6 Å². The van der Waals surface area contributed by atoms with Crippen LogP contribution < -0.4 is 5.73 Å². The summed E-state index contributed by atoms with van der Waals surface area (Å²) in [6.07, 6.45) is 9.46. The van der Waals surface area contributed by atoms with Gasteiger partial charge in [0.25, 0.3) is 5.91 Å². The molecule has 8 heteroatoms. The van der Waals surface area contributed by atoms with Gasteiger partial charge in [-0.25, -0.2) is 4.98 Å². The first-order chi connectivity index (χ1) is 12.6. The van der Waals surface area contributed by atoms with Crippen molar-refractivity contribution in [3.05, 3.63) is 35.2 Å². The van der Waals surface area contributed by atoms with Gasteiger partial charge in [-0.15, -0.1) is 0 Å². The highest BCUT2D eigenvalue weighted by Crippen LogP contribution is 2.28. The molecule has 3 heterocycles. The Hall–Kier alpha value is -2.64. The molecule has 3 N–H and O–H groups in total.